The van der Waals surface area contributed by atoms with E-state index in [1.54, 1.807) is 0 Å². The van der Waals surface area contributed by atoms with Gasteiger partial charge in [-0.1, -0.05) is 440 Å². The van der Waals surface area contributed by atoms with Crippen molar-refractivity contribution in [2.45, 2.75) is 282 Å². The van der Waals surface area contributed by atoms with E-state index >= 15 is 0 Å². The average Bonchev–Trinajstić information content (AvgIpc) is 0.968. The van der Waals surface area contributed by atoms with Crippen molar-refractivity contribution < 1.29 is 4.74 Å². The van der Waals surface area contributed by atoms with Gasteiger partial charge in [0.2, 0.25) is 0 Å². The molecule has 0 spiro atoms. The Morgan fingerprint density at radius 1 is 0.169 bits per heavy atom. The van der Waals surface area contributed by atoms with Crippen LogP contribution in [0.4, 0.5) is 0 Å². The number of hydrogen-bond donors (Lipinski definition) is 0. The summed E-state index contributed by atoms with van der Waals surface area (Å²) in [5.74, 6) is 0. The van der Waals surface area contributed by atoms with Crippen molar-refractivity contribution in [3.63, 3.8) is 0 Å². The van der Waals surface area contributed by atoms with Crippen LogP contribution >= 0.6 is 0 Å². The number of benzene rings is 9. The van der Waals surface area contributed by atoms with Crippen LogP contribution in [0, 0.1) is 0 Å². The Labute approximate surface area is 764 Å². The third-order valence-corrected chi connectivity index (χ3v) is 24.0. The van der Waals surface area contributed by atoms with E-state index in [-0.39, 0.29) is 16.2 Å². The molecule has 0 bridgehead atoms. The zero-order chi connectivity index (χ0) is 91.1. The van der Waals surface area contributed by atoms with Gasteiger partial charge in [-0.3, -0.25) is 4.90 Å². The summed E-state index contributed by atoms with van der Waals surface area (Å²) in [7, 11) is 0. The summed E-state index contributed by atoms with van der Waals surface area (Å²) in [5.41, 5.74) is 17.6. The van der Waals surface area contributed by atoms with Crippen molar-refractivity contribution in [2.75, 3.05) is 131 Å². The molecule has 0 N–H and O–H groups in total. The smallest absolute Gasteiger partial charge is 0.0594 e. The minimum absolute atomic E-state index is 0.231. The molecule has 6 aliphatic rings. The van der Waals surface area contributed by atoms with E-state index in [0.29, 0.717) is 16.2 Å². The van der Waals surface area contributed by atoms with Gasteiger partial charge in [0.1, 0.15) is 0 Å². The lowest BCUT2D eigenvalue weighted by Gasteiger charge is -2.24. The summed E-state index contributed by atoms with van der Waals surface area (Å²) in [6, 6.07) is 89.7. The number of likely N-dealkylation sites (tertiary alicyclic amines) is 5. The largest absolute Gasteiger partial charge is 0.379 e. The molecule has 124 heavy (non-hydrogen) atoms. The maximum Gasteiger partial charge on any atom is 0.0594 e. The Hall–Kier alpha value is -7.30. The zero-order valence-electron chi connectivity index (χ0n) is 83.7. The van der Waals surface area contributed by atoms with Crippen LogP contribution in [0.1, 0.15) is 283 Å². The van der Waals surface area contributed by atoms with Gasteiger partial charge in [-0.05, 0) is 268 Å². The first-order valence-corrected chi connectivity index (χ1v) is 48.7. The molecule has 6 saturated heterocycles. The van der Waals surface area contributed by atoms with Crippen molar-refractivity contribution in [1.29, 1.82) is 0 Å². The molecule has 0 radical (unpaired) electrons. The van der Waals surface area contributed by atoms with E-state index in [1.165, 1.54) is 255 Å². The standard InChI is InChI=1S/3C16H18.3C10H14.3C7H15N.C6H13NO.2C6H13N/c3*1-16(2,3)15-11-9-14(10-12-15)13-7-5-4-6-8-13;3*1-10(2,3)9-7-5-4-6-8-9;3*1-2-8-6-4-3-5-7-8;1-2-7-3-5-8-6-4-7;2*1-2-7-5-3-4-6-7/h3*4-12H,1-3H3;3*4-8H,1-3H3;3*2-7H2,1H3;2-6H2,1H3;2*2-6H2,1H3. The minimum atomic E-state index is 0.231. The highest BCUT2D eigenvalue weighted by atomic mass is 16.5. The van der Waals surface area contributed by atoms with Gasteiger partial charge >= 0.3 is 0 Å². The summed E-state index contributed by atoms with van der Waals surface area (Å²) in [6.07, 6.45) is 18.6. The Morgan fingerprint density at radius 3 is 0.444 bits per heavy atom. The molecule has 9 aromatic rings. The second kappa shape index (κ2) is 60.4. The molecule has 0 unspecified atom stereocenters. The highest BCUT2D eigenvalue weighted by Crippen LogP contribution is 2.30. The molecule has 0 saturated carbocycles. The van der Waals surface area contributed by atoms with E-state index in [1.807, 2.05) is 18.2 Å². The second-order valence-corrected chi connectivity index (χ2v) is 40.2. The van der Waals surface area contributed by atoms with Crippen LogP contribution in [-0.4, -0.2) is 160 Å². The molecule has 0 amide bonds. The molecule has 6 heterocycles. The number of nitrogens with zero attached hydrogens (tertiary/aromatic N) is 6. The highest BCUT2D eigenvalue weighted by molar-refractivity contribution is 5.65. The van der Waals surface area contributed by atoms with Crippen LogP contribution in [0.3, 0.4) is 0 Å². The predicted octanol–water partition coefficient (Wildman–Crippen LogP) is 29.9. The fraction of sp³-hybridized carbons (Fsp3) is 0.538. The van der Waals surface area contributed by atoms with Crippen molar-refractivity contribution in [2.24, 2.45) is 0 Å². The van der Waals surface area contributed by atoms with Gasteiger partial charge in [0.25, 0.3) is 0 Å². The fourth-order valence-electron chi connectivity index (χ4n) is 15.1. The van der Waals surface area contributed by atoms with Crippen molar-refractivity contribution in [3.8, 4) is 33.4 Å². The summed E-state index contributed by atoms with van der Waals surface area (Å²) in [4.78, 5) is 14.9. The summed E-state index contributed by atoms with van der Waals surface area (Å²) >= 11 is 0. The van der Waals surface area contributed by atoms with Crippen molar-refractivity contribution in [1.82, 2.24) is 29.4 Å². The number of rotatable bonds is 9. The normalized spacial score (nSPS) is 16.0. The Morgan fingerprint density at radius 2 is 0.306 bits per heavy atom. The topological polar surface area (TPSA) is 28.7 Å². The molecule has 7 nitrogen and oxygen atoms in total. The van der Waals surface area contributed by atoms with Crippen LogP contribution in [-0.2, 0) is 37.2 Å². The van der Waals surface area contributed by atoms with Crippen molar-refractivity contribution >= 4 is 0 Å². The zero-order valence-corrected chi connectivity index (χ0v) is 83.7. The van der Waals surface area contributed by atoms with E-state index in [9.17, 15) is 0 Å². The van der Waals surface area contributed by atoms with Crippen LogP contribution < -0.4 is 0 Å². The number of likely N-dealkylation sites (N-methyl/N-ethyl adjacent to an activating group) is 1. The molecule has 6 aliphatic heterocycles. The lowest BCUT2D eigenvalue weighted by atomic mass is 9.86. The van der Waals surface area contributed by atoms with Gasteiger partial charge in [-0.15, -0.1) is 0 Å². The maximum atomic E-state index is 5.16. The fourth-order valence-corrected chi connectivity index (χ4v) is 15.1. The SMILES string of the molecule is CC(C)(C)c1ccc(-c2ccccc2)cc1.CC(C)(C)c1ccc(-c2ccccc2)cc1.CC(C)(C)c1ccc(-c2ccccc2)cc1.CC(C)(C)c1ccccc1.CC(C)(C)c1ccccc1.CC(C)(C)c1ccccc1.CCN1CCCC1.CCN1CCCC1.CCN1CCCCC1.CCN1CCCCC1.CCN1CCCCC1.CCN1CCOCC1. The molecular formula is C117H180N6O. The monoisotopic (exact) mass is 1690 g/mol. The van der Waals surface area contributed by atoms with Crippen LogP contribution in [0.15, 0.2) is 255 Å². The Kier molecular flexibility index (Phi) is 53.1. The minimum Gasteiger partial charge on any atom is -0.379 e. The van der Waals surface area contributed by atoms with E-state index < -0.39 is 0 Å². The molecule has 9 aromatic carbocycles. The van der Waals surface area contributed by atoms with Gasteiger partial charge in [0.05, 0.1) is 13.2 Å². The molecule has 7 heteroatoms. The van der Waals surface area contributed by atoms with Gasteiger partial charge in [-0.2, -0.15) is 0 Å². The molecule has 6 fully saturated rings. The average molecular weight is 1690 g/mol. The molecular weight excluding hydrogens is 1510 g/mol. The third kappa shape index (κ3) is 47.5. The number of ether oxygens (including phenoxy) is 1. The lowest BCUT2D eigenvalue weighted by molar-refractivity contribution is 0.0405. The van der Waals surface area contributed by atoms with E-state index in [4.69, 9.17) is 4.74 Å². The lowest BCUT2D eigenvalue weighted by Crippen LogP contribution is -2.35. The van der Waals surface area contributed by atoms with Gasteiger partial charge in [0.15, 0.2) is 0 Å². The molecule has 15 rings (SSSR count). The van der Waals surface area contributed by atoms with E-state index in [0.717, 1.165) is 26.3 Å². The van der Waals surface area contributed by atoms with Crippen LogP contribution in [0.25, 0.3) is 33.4 Å². The molecule has 0 aromatic heterocycles. The Balaban J connectivity index is 0.000000287. The number of hydrogen-bond acceptors (Lipinski definition) is 7. The summed E-state index contributed by atoms with van der Waals surface area (Å²) in [6.45, 7) is 78.5. The van der Waals surface area contributed by atoms with Gasteiger partial charge < -0.3 is 29.2 Å². The maximum absolute atomic E-state index is 5.16. The number of piperidine rings is 3. The highest BCUT2D eigenvalue weighted by Gasteiger charge is 2.19. The second-order valence-electron chi connectivity index (χ2n) is 40.2. The summed E-state index contributed by atoms with van der Waals surface area (Å²) < 4.78 is 5.16. The first-order chi connectivity index (χ1) is 59.1. The van der Waals surface area contributed by atoms with Crippen LogP contribution in [0.5, 0.6) is 0 Å². The van der Waals surface area contributed by atoms with Gasteiger partial charge in [0, 0.05) is 13.1 Å². The first kappa shape index (κ1) is 109. The molecule has 684 valence electrons. The molecule has 0 aliphatic carbocycles. The molecule has 0 atom stereocenters. The third-order valence-electron chi connectivity index (χ3n) is 24.0. The summed E-state index contributed by atoms with van der Waals surface area (Å²) in [5, 5.41) is 0. The quantitative estimate of drug-likeness (QED) is 0.142. The van der Waals surface area contributed by atoms with Crippen molar-refractivity contribution in [3.05, 3.63) is 288 Å². The Bertz CT molecular complexity index is 3530. The first-order valence-electron chi connectivity index (χ1n) is 48.7. The van der Waals surface area contributed by atoms with E-state index in [2.05, 4.69) is 432 Å². The van der Waals surface area contributed by atoms with Gasteiger partial charge in [-0.25, -0.2) is 0 Å². The predicted molar refractivity (Wildman–Crippen MR) is 551 cm³/mol. The van der Waals surface area contributed by atoms with Crippen LogP contribution in [0.2, 0.25) is 0 Å². The number of morpholine rings is 1.